The third-order valence-corrected chi connectivity index (χ3v) is 5.14. The Morgan fingerprint density at radius 1 is 1.08 bits per heavy atom. The minimum absolute atomic E-state index is 0.0160. The van der Waals surface area contributed by atoms with Crippen molar-refractivity contribution >= 4 is 27.4 Å². The van der Waals surface area contributed by atoms with Crippen molar-refractivity contribution in [2.24, 2.45) is 0 Å². The third-order valence-electron chi connectivity index (χ3n) is 4.61. The molecule has 1 heterocycles. The molecule has 0 bridgehead atoms. The number of hydrogen-bond acceptors (Lipinski definition) is 4. The molecule has 1 aliphatic heterocycles. The average Bonchev–Trinajstić information content (AvgIpc) is 2.87. The van der Waals surface area contributed by atoms with E-state index in [1.165, 1.54) is 0 Å². The first kappa shape index (κ1) is 15.8. The molecular formula is C19H13BrN2O3. The van der Waals surface area contributed by atoms with Crippen LogP contribution in [0.2, 0.25) is 0 Å². The van der Waals surface area contributed by atoms with Crippen LogP contribution in [0.4, 0.5) is 0 Å². The largest absolute Gasteiger partial charge is 0.353 e. The average molecular weight is 397 g/mol. The van der Waals surface area contributed by atoms with Crippen LogP contribution in [-0.2, 0) is 0 Å². The van der Waals surface area contributed by atoms with Gasteiger partial charge in [0.15, 0.2) is 5.78 Å². The molecule has 5 nitrogen and oxygen atoms in total. The van der Waals surface area contributed by atoms with E-state index in [-0.39, 0.29) is 11.5 Å². The molecule has 4 rings (SSSR count). The van der Waals surface area contributed by atoms with Crippen LogP contribution in [0.25, 0.3) is 5.70 Å². The minimum Gasteiger partial charge on any atom is -0.353 e. The lowest BCUT2D eigenvalue weighted by molar-refractivity contribution is -0.430. The number of nitrogens with one attached hydrogen (secondary N) is 1. The summed E-state index contributed by atoms with van der Waals surface area (Å²) in [6.07, 6.45) is 0. The maximum Gasteiger partial charge on any atom is 0.276 e. The Morgan fingerprint density at radius 2 is 1.72 bits per heavy atom. The summed E-state index contributed by atoms with van der Waals surface area (Å²) in [7, 11) is 0. The molecule has 0 amide bonds. The van der Waals surface area contributed by atoms with Crippen molar-refractivity contribution in [2.45, 2.75) is 12.8 Å². The molecule has 6 heteroatoms. The van der Waals surface area contributed by atoms with E-state index in [1.54, 1.807) is 19.1 Å². The first-order valence-corrected chi connectivity index (χ1v) is 8.54. The lowest BCUT2D eigenvalue weighted by atomic mass is 9.83. The zero-order chi connectivity index (χ0) is 17.7. The minimum atomic E-state index is -0.695. The number of nitrogens with zero attached hydrogens (tertiary/aromatic N) is 1. The highest BCUT2D eigenvalue weighted by molar-refractivity contribution is 9.10. The van der Waals surface area contributed by atoms with Crippen LogP contribution < -0.4 is 5.32 Å². The highest BCUT2D eigenvalue weighted by Crippen LogP contribution is 2.46. The van der Waals surface area contributed by atoms with Gasteiger partial charge in [-0.15, -0.1) is 0 Å². The summed E-state index contributed by atoms with van der Waals surface area (Å²) in [5.41, 5.74) is 3.70. The molecule has 1 atom stereocenters. The molecule has 25 heavy (non-hydrogen) atoms. The fourth-order valence-electron chi connectivity index (χ4n) is 3.54. The summed E-state index contributed by atoms with van der Waals surface area (Å²) in [5, 5.41) is 14.8. The standard InChI is InChI=1S/C19H13BrN2O3/c1-10-18(22(24)25)15(11-6-8-12(20)9-7-11)16-17(21-10)13-4-2-3-5-14(13)19(16)23/h2-9,15,21H,1H3. The Bertz CT molecular complexity index is 990. The highest BCUT2D eigenvalue weighted by atomic mass is 79.9. The fraction of sp³-hybridized carbons (Fsp3) is 0.105. The number of benzene rings is 2. The number of ketones is 1. The van der Waals surface area contributed by atoms with Crippen molar-refractivity contribution < 1.29 is 9.72 Å². The number of carbonyl (C=O) groups is 1. The molecule has 0 radical (unpaired) electrons. The molecule has 2 aromatic rings. The molecular weight excluding hydrogens is 384 g/mol. The Morgan fingerprint density at radius 3 is 2.36 bits per heavy atom. The van der Waals surface area contributed by atoms with Crippen molar-refractivity contribution in [1.82, 2.24) is 5.32 Å². The maximum absolute atomic E-state index is 13.0. The molecule has 0 fully saturated rings. The number of hydrogen-bond donors (Lipinski definition) is 1. The van der Waals surface area contributed by atoms with Gasteiger partial charge in [0, 0.05) is 21.2 Å². The zero-order valence-electron chi connectivity index (χ0n) is 13.2. The van der Waals surface area contributed by atoms with E-state index in [2.05, 4.69) is 21.2 Å². The Hall–Kier alpha value is -2.73. The van der Waals surface area contributed by atoms with Gasteiger partial charge in [-0.2, -0.15) is 0 Å². The van der Waals surface area contributed by atoms with E-state index < -0.39 is 10.8 Å². The van der Waals surface area contributed by atoms with E-state index >= 15 is 0 Å². The van der Waals surface area contributed by atoms with Crippen LogP contribution >= 0.6 is 15.9 Å². The summed E-state index contributed by atoms with van der Waals surface area (Å²) in [5.74, 6) is -0.850. The highest BCUT2D eigenvalue weighted by Gasteiger charge is 2.45. The fourth-order valence-corrected chi connectivity index (χ4v) is 3.80. The number of halogens is 1. The van der Waals surface area contributed by atoms with Gasteiger partial charge in [-0.05, 0) is 24.6 Å². The molecule has 0 saturated carbocycles. The third kappa shape index (κ3) is 2.33. The molecule has 2 aliphatic rings. The van der Waals surface area contributed by atoms with Gasteiger partial charge in [-0.25, -0.2) is 0 Å². The lowest BCUT2D eigenvalue weighted by Gasteiger charge is -2.24. The smallest absolute Gasteiger partial charge is 0.276 e. The van der Waals surface area contributed by atoms with Gasteiger partial charge in [-0.1, -0.05) is 52.3 Å². The summed E-state index contributed by atoms with van der Waals surface area (Å²) in [6, 6.07) is 14.6. The van der Waals surface area contributed by atoms with Crippen molar-refractivity contribution in [1.29, 1.82) is 0 Å². The predicted octanol–water partition coefficient (Wildman–Crippen LogP) is 4.25. The van der Waals surface area contributed by atoms with E-state index in [4.69, 9.17) is 0 Å². The lowest BCUT2D eigenvalue weighted by Crippen LogP contribution is -2.28. The first-order valence-electron chi connectivity index (χ1n) is 7.75. The van der Waals surface area contributed by atoms with E-state index in [0.29, 0.717) is 22.5 Å². The van der Waals surface area contributed by atoms with E-state index in [9.17, 15) is 14.9 Å². The van der Waals surface area contributed by atoms with E-state index in [0.717, 1.165) is 15.6 Å². The quantitative estimate of drug-likeness (QED) is 0.608. The normalized spacial score (nSPS) is 18.8. The van der Waals surface area contributed by atoms with Gasteiger partial charge < -0.3 is 5.32 Å². The molecule has 0 spiro atoms. The molecule has 0 aromatic heterocycles. The zero-order valence-corrected chi connectivity index (χ0v) is 14.8. The summed E-state index contributed by atoms with van der Waals surface area (Å²) in [6.45, 7) is 1.68. The first-order chi connectivity index (χ1) is 12.0. The van der Waals surface area contributed by atoms with Gasteiger partial charge in [0.25, 0.3) is 5.70 Å². The van der Waals surface area contributed by atoms with Crippen LogP contribution in [0, 0.1) is 10.1 Å². The molecule has 1 unspecified atom stereocenters. The Labute approximate surface area is 152 Å². The van der Waals surface area contributed by atoms with Gasteiger partial charge >= 0.3 is 0 Å². The van der Waals surface area contributed by atoms with E-state index in [1.807, 2.05) is 36.4 Å². The number of carbonyl (C=O) groups excluding carboxylic acids is 1. The molecule has 2 aromatic carbocycles. The number of fused-ring (bicyclic) bond motifs is 2. The van der Waals surface area contributed by atoms with Gasteiger partial charge in [-0.3, -0.25) is 14.9 Å². The van der Waals surface area contributed by atoms with Crippen molar-refractivity contribution in [2.75, 3.05) is 0 Å². The number of Topliss-reactive ketones (excluding diaryl/α,β-unsaturated/α-hetero) is 1. The second-order valence-corrected chi connectivity index (χ2v) is 6.96. The van der Waals surface area contributed by atoms with Crippen LogP contribution in [0.3, 0.4) is 0 Å². The van der Waals surface area contributed by atoms with Crippen LogP contribution in [0.1, 0.15) is 34.3 Å². The molecule has 1 aliphatic carbocycles. The SMILES string of the molecule is CC1=C([N+](=O)[O-])C(c2ccc(Br)cc2)C2=C(N1)c1ccccc1C2=O. The van der Waals surface area contributed by atoms with Crippen molar-refractivity contribution in [3.05, 3.63) is 96.8 Å². The number of dihydropyridines is 1. The Kier molecular flexibility index (Phi) is 3.58. The van der Waals surface area contributed by atoms with Crippen LogP contribution in [0.5, 0.6) is 0 Å². The summed E-state index contributed by atoms with van der Waals surface area (Å²) in [4.78, 5) is 24.4. The monoisotopic (exact) mass is 396 g/mol. The second-order valence-electron chi connectivity index (χ2n) is 6.04. The number of rotatable bonds is 2. The van der Waals surface area contributed by atoms with Crippen LogP contribution in [0.15, 0.2) is 70.0 Å². The predicted molar refractivity (Wildman–Crippen MR) is 97.4 cm³/mol. The molecule has 0 saturated heterocycles. The number of nitro groups is 1. The van der Waals surface area contributed by atoms with Gasteiger partial charge in [0.2, 0.25) is 0 Å². The molecule has 1 N–H and O–H groups in total. The summed E-state index contributed by atoms with van der Waals surface area (Å²) >= 11 is 3.38. The second kappa shape index (κ2) is 5.67. The van der Waals surface area contributed by atoms with Gasteiger partial charge in [0.1, 0.15) is 5.92 Å². The Balaban J connectivity index is 1.96. The van der Waals surface area contributed by atoms with Crippen LogP contribution in [-0.4, -0.2) is 10.7 Å². The molecule has 124 valence electrons. The topological polar surface area (TPSA) is 72.2 Å². The maximum atomic E-state index is 13.0. The van der Waals surface area contributed by atoms with Gasteiger partial charge in [0.05, 0.1) is 16.3 Å². The summed E-state index contributed by atoms with van der Waals surface area (Å²) < 4.78 is 0.878. The number of allylic oxidation sites excluding steroid dienone is 2. The van der Waals surface area contributed by atoms with Crippen molar-refractivity contribution in [3.63, 3.8) is 0 Å². The van der Waals surface area contributed by atoms with Crippen molar-refractivity contribution in [3.8, 4) is 0 Å².